The molecule has 0 saturated carbocycles. The summed E-state index contributed by atoms with van der Waals surface area (Å²) >= 11 is 0. The van der Waals surface area contributed by atoms with E-state index in [0.29, 0.717) is 6.54 Å². The van der Waals surface area contributed by atoms with Gasteiger partial charge in [-0.1, -0.05) is 11.6 Å². The summed E-state index contributed by atoms with van der Waals surface area (Å²) in [5.41, 5.74) is 4.42. The van der Waals surface area contributed by atoms with E-state index in [4.69, 9.17) is 4.74 Å². The molecule has 1 aliphatic rings. The summed E-state index contributed by atoms with van der Waals surface area (Å²) in [7, 11) is 3.73. The molecule has 0 bridgehead atoms. The van der Waals surface area contributed by atoms with E-state index in [9.17, 15) is 9.59 Å². The molecule has 0 fully saturated rings. The highest BCUT2D eigenvalue weighted by atomic mass is 16.6. The van der Waals surface area contributed by atoms with Crippen molar-refractivity contribution in [3.05, 3.63) is 35.0 Å². The Labute approximate surface area is 173 Å². The number of likely N-dealkylation sites (N-methyl/N-ethyl adjacent to an activating group) is 1. The average Bonchev–Trinajstić information content (AvgIpc) is 2.91. The van der Waals surface area contributed by atoms with E-state index in [1.54, 1.807) is 7.05 Å². The highest BCUT2D eigenvalue weighted by Crippen LogP contribution is 2.32. The molecule has 1 unspecified atom stereocenters. The van der Waals surface area contributed by atoms with Crippen LogP contribution in [0.1, 0.15) is 44.0 Å². The van der Waals surface area contributed by atoms with Gasteiger partial charge in [-0.2, -0.15) is 0 Å². The first-order valence-corrected chi connectivity index (χ1v) is 10.3. The van der Waals surface area contributed by atoms with Crippen molar-refractivity contribution in [2.24, 2.45) is 5.92 Å². The largest absolute Gasteiger partial charge is 0.460 e. The molecule has 0 saturated heterocycles. The molecule has 1 aliphatic heterocycles. The predicted octanol–water partition coefficient (Wildman–Crippen LogP) is 3.03. The Balaban J connectivity index is 1.98. The van der Waals surface area contributed by atoms with E-state index in [2.05, 4.69) is 47.0 Å². The minimum Gasteiger partial charge on any atom is -0.460 e. The van der Waals surface area contributed by atoms with Crippen molar-refractivity contribution in [1.82, 2.24) is 14.8 Å². The van der Waals surface area contributed by atoms with E-state index in [1.165, 1.54) is 22.2 Å². The molecule has 6 nitrogen and oxygen atoms in total. The van der Waals surface area contributed by atoms with Crippen LogP contribution < -0.4 is 5.32 Å². The zero-order valence-corrected chi connectivity index (χ0v) is 18.5. The van der Waals surface area contributed by atoms with Crippen LogP contribution in [0.5, 0.6) is 0 Å². The molecule has 0 spiro atoms. The highest BCUT2D eigenvalue weighted by Gasteiger charge is 2.29. The van der Waals surface area contributed by atoms with Gasteiger partial charge in [0.25, 0.3) is 0 Å². The number of ether oxygens (including phenoxy) is 1. The zero-order chi connectivity index (χ0) is 21.3. The van der Waals surface area contributed by atoms with Crippen molar-refractivity contribution in [3.63, 3.8) is 0 Å². The molecule has 2 heterocycles. The fourth-order valence-corrected chi connectivity index (χ4v) is 4.15. The van der Waals surface area contributed by atoms with Crippen molar-refractivity contribution < 1.29 is 14.3 Å². The molecular formula is C23H33N3O3. The minimum atomic E-state index is -0.566. The lowest BCUT2D eigenvalue weighted by molar-refractivity contribution is -0.157. The average molecular weight is 400 g/mol. The van der Waals surface area contributed by atoms with Crippen LogP contribution in [0.3, 0.4) is 0 Å². The van der Waals surface area contributed by atoms with E-state index in [1.807, 2.05) is 20.8 Å². The summed E-state index contributed by atoms with van der Waals surface area (Å²) < 4.78 is 7.72. The summed E-state index contributed by atoms with van der Waals surface area (Å²) in [5.74, 6) is -0.963. The summed E-state index contributed by atoms with van der Waals surface area (Å²) in [4.78, 5) is 27.4. The minimum absolute atomic E-state index is 0.0626. The fraction of sp³-hybridized carbons (Fsp3) is 0.565. The summed E-state index contributed by atoms with van der Waals surface area (Å²) in [6, 6.07) is 6.48. The van der Waals surface area contributed by atoms with Crippen LogP contribution in [-0.2, 0) is 33.8 Å². The summed E-state index contributed by atoms with van der Waals surface area (Å²) in [6.45, 7) is 9.96. The van der Waals surface area contributed by atoms with Gasteiger partial charge in [-0.05, 0) is 58.9 Å². The molecule has 1 amide bonds. The zero-order valence-electron chi connectivity index (χ0n) is 18.5. The number of hydrogen-bond donors (Lipinski definition) is 1. The van der Waals surface area contributed by atoms with Gasteiger partial charge in [0.15, 0.2) is 0 Å². The number of nitrogens with one attached hydrogen (secondary N) is 1. The Morgan fingerprint density at radius 1 is 1.28 bits per heavy atom. The lowest BCUT2D eigenvalue weighted by Crippen LogP contribution is -2.35. The molecule has 1 aromatic carbocycles. The molecule has 29 heavy (non-hydrogen) atoms. The second kappa shape index (κ2) is 8.19. The van der Waals surface area contributed by atoms with Gasteiger partial charge < -0.3 is 19.5 Å². The highest BCUT2D eigenvalue weighted by molar-refractivity contribution is 5.87. The maximum Gasteiger partial charge on any atom is 0.307 e. The SMILES string of the molecule is CNC(=O)C(CC(=O)OC(C)(C)C)Cn1c2c(c3cc(C)ccc31)CCN(C)C2. The Morgan fingerprint density at radius 2 is 2.00 bits per heavy atom. The van der Waals surface area contributed by atoms with Crippen LogP contribution in [0.2, 0.25) is 0 Å². The number of carbonyl (C=O) groups is 2. The molecule has 158 valence electrons. The molecule has 1 atom stereocenters. The fourth-order valence-electron chi connectivity index (χ4n) is 4.15. The number of aromatic nitrogens is 1. The Hall–Kier alpha value is -2.34. The van der Waals surface area contributed by atoms with Crippen LogP contribution in [0.25, 0.3) is 10.9 Å². The monoisotopic (exact) mass is 399 g/mol. The van der Waals surface area contributed by atoms with Crippen molar-refractivity contribution >= 4 is 22.8 Å². The van der Waals surface area contributed by atoms with Gasteiger partial charge in [-0.15, -0.1) is 0 Å². The molecule has 3 rings (SSSR count). The van der Waals surface area contributed by atoms with Gasteiger partial charge in [-0.3, -0.25) is 9.59 Å². The predicted molar refractivity (Wildman–Crippen MR) is 115 cm³/mol. The number of carbonyl (C=O) groups excluding carboxylic acids is 2. The topological polar surface area (TPSA) is 63.6 Å². The summed E-state index contributed by atoms with van der Waals surface area (Å²) in [5, 5.41) is 3.99. The number of nitrogens with zero attached hydrogens (tertiary/aromatic N) is 2. The van der Waals surface area contributed by atoms with Gasteiger partial charge in [0.2, 0.25) is 5.91 Å². The Bertz CT molecular complexity index is 924. The number of fused-ring (bicyclic) bond motifs is 3. The van der Waals surface area contributed by atoms with Gasteiger partial charge in [-0.25, -0.2) is 0 Å². The number of aryl methyl sites for hydroxylation is 1. The third-order valence-electron chi connectivity index (χ3n) is 5.46. The third-order valence-corrected chi connectivity index (χ3v) is 5.46. The second-order valence-electron chi connectivity index (χ2n) is 9.15. The molecule has 6 heteroatoms. The molecule has 0 radical (unpaired) electrons. The van der Waals surface area contributed by atoms with Crippen LogP contribution in [0.15, 0.2) is 18.2 Å². The van der Waals surface area contributed by atoms with Crippen LogP contribution in [0.4, 0.5) is 0 Å². The summed E-state index contributed by atoms with van der Waals surface area (Å²) in [6.07, 6.45) is 1.06. The van der Waals surface area contributed by atoms with Gasteiger partial charge >= 0.3 is 5.97 Å². The maximum atomic E-state index is 12.6. The van der Waals surface area contributed by atoms with Gasteiger partial charge in [0.1, 0.15) is 5.60 Å². The Kier molecular flexibility index (Phi) is 6.03. The van der Waals surface area contributed by atoms with Gasteiger partial charge in [0.05, 0.1) is 12.3 Å². The standard InChI is InChI=1S/C23H33N3O3/c1-15-7-8-19-18(11-15)17-9-10-25(6)14-20(17)26(19)13-16(22(28)24-5)12-21(27)29-23(2,3)4/h7-8,11,16H,9-10,12-14H2,1-6H3,(H,24,28). The number of amides is 1. The number of hydrogen-bond acceptors (Lipinski definition) is 4. The quantitative estimate of drug-likeness (QED) is 0.785. The first-order valence-electron chi connectivity index (χ1n) is 10.3. The second-order valence-corrected chi connectivity index (χ2v) is 9.15. The van der Waals surface area contributed by atoms with Crippen LogP contribution in [0, 0.1) is 12.8 Å². The smallest absolute Gasteiger partial charge is 0.307 e. The molecule has 2 aromatic rings. The first-order chi connectivity index (χ1) is 13.6. The molecule has 1 N–H and O–H groups in total. The third kappa shape index (κ3) is 4.81. The number of esters is 1. The first kappa shape index (κ1) is 21.4. The number of benzene rings is 1. The molecule has 0 aliphatic carbocycles. The van der Waals surface area contributed by atoms with Crippen molar-refractivity contribution in [2.45, 2.75) is 59.2 Å². The van der Waals surface area contributed by atoms with E-state index in [-0.39, 0.29) is 18.3 Å². The lowest BCUT2D eigenvalue weighted by atomic mass is 10.0. The number of rotatable bonds is 5. The van der Waals surface area contributed by atoms with E-state index in [0.717, 1.165) is 25.0 Å². The molecule has 1 aromatic heterocycles. The lowest BCUT2D eigenvalue weighted by Gasteiger charge is -2.26. The van der Waals surface area contributed by atoms with Crippen LogP contribution in [-0.4, -0.2) is 47.6 Å². The van der Waals surface area contributed by atoms with Crippen molar-refractivity contribution in [2.75, 3.05) is 20.6 Å². The van der Waals surface area contributed by atoms with Crippen molar-refractivity contribution in [1.29, 1.82) is 0 Å². The van der Waals surface area contributed by atoms with Crippen molar-refractivity contribution in [3.8, 4) is 0 Å². The molecular weight excluding hydrogens is 366 g/mol. The van der Waals surface area contributed by atoms with Crippen LogP contribution >= 0.6 is 0 Å². The maximum absolute atomic E-state index is 12.6. The van der Waals surface area contributed by atoms with E-state index < -0.39 is 11.5 Å². The van der Waals surface area contributed by atoms with E-state index >= 15 is 0 Å². The Morgan fingerprint density at radius 3 is 2.66 bits per heavy atom. The normalized spacial score (nSPS) is 15.8. The van der Waals surface area contributed by atoms with Gasteiger partial charge in [0, 0.05) is 43.3 Å².